The fourth-order valence-corrected chi connectivity index (χ4v) is 3.07. The van der Waals surface area contributed by atoms with E-state index in [1.807, 2.05) is 31.2 Å². The van der Waals surface area contributed by atoms with Crippen LogP contribution in [0.5, 0.6) is 11.5 Å². The summed E-state index contributed by atoms with van der Waals surface area (Å²) in [4.78, 5) is 29.6. The molecule has 0 saturated carbocycles. The summed E-state index contributed by atoms with van der Waals surface area (Å²) in [6.07, 6.45) is 4.86. The minimum Gasteiger partial charge on any atom is -0.493 e. The van der Waals surface area contributed by atoms with Gasteiger partial charge in [0.2, 0.25) is 0 Å². The van der Waals surface area contributed by atoms with Crippen molar-refractivity contribution >= 4 is 29.5 Å². The molecule has 8 nitrogen and oxygen atoms in total. The molecule has 0 amide bonds. The summed E-state index contributed by atoms with van der Waals surface area (Å²) in [5, 5.41) is 0. The molecule has 0 bridgehead atoms. The van der Waals surface area contributed by atoms with Crippen molar-refractivity contribution in [1.82, 2.24) is 18.7 Å². The van der Waals surface area contributed by atoms with Crippen LogP contribution >= 0.6 is 0 Å². The van der Waals surface area contributed by atoms with Gasteiger partial charge in [0, 0.05) is 19.8 Å². The molecule has 2 aromatic heterocycles. The molecule has 1 aromatic carbocycles. The Hall–Kier alpha value is -3.55. The van der Waals surface area contributed by atoms with Crippen molar-refractivity contribution in [3.8, 4) is 11.5 Å². The Morgan fingerprint density at radius 3 is 2.46 bits per heavy atom. The summed E-state index contributed by atoms with van der Waals surface area (Å²) in [6.45, 7) is 5.78. The lowest BCUT2D eigenvalue weighted by molar-refractivity contribution is 0.355. The van der Waals surface area contributed by atoms with E-state index in [-0.39, 0.29) is 0 Å². The van der Waals surface area contributed by atoms with Crippen LogP contribution in [0.3, 0.4) is 0 Å². The standard InChI is InChI=1S/C20H22N4O4/c1-6-23-18-17(19(25)24(7-2)20(23)26)22(3)16(21-18)11-9-13-8-10-14(27-4)15(12-13)28-5/h7-12H,2,6H2,1,3-5H3. The van der Waals surface area contributed by atoms with E-state index in [4.69, 9.17) is 9.47 Å². The number of benzene rings is 1. The van der Waals surface area contributed by atoms with Gasteiger partial charge in [-0.1, -0.05) is 18.7 Å². The molecule has 0 aliphatic carbocycles. The average molecular weight is 382 g/mol. The summed E-state index contributed by atoms with van der Waals surface area (Å²) in [5.74, 6) is 1.80. The van der Waals surface area contributed by atoms with Crippen molar-refractivity contribution in [2.75, 3.05) is 14.2 Å². The van der Waals surface area contributed by atoms with Crippen molar-refractivity contribution in [2.24, 2.45) is 7.05 Å². The van der Waals surface area contributed by atoms with Gasteiger partial charge in [0.05, 0.1) is 14.2 Å². The molecular formula is C20H22N4O4. The van der Waals surface area contributed by atoms with Gasteiger partial charge in [-0.3, -0.25) is 9.36 Å². The molecule has 0 radical (unpaired) electrons. The first-order chi connectivity index (χ1) is 13.5. The molecule has 2 heterocycles. The molecule has 146 valence electrons. The highest BCUT2D eigenvalue weighted by atomic mass is 16.5. The van der Waals surface area contributed by atoms with Gasteiger partial charge in [0.25, 0.3) is 5.56 Å². The van der Waals surface area contributed by atoms with Crippen molar-refractivity contribution in [2.45, 2.75) is 13.5 Å². The number of nitrogens with zero attached hydrogens (tertiary/aromatic N) is 4. The van der Waals surface area contributed by atoms with E-state index >= 15 is 0 Å². The van der Waals surface area contributed by atoms with Crippen LogP contribution < -0.4 is 20.7 Å². The van der Waals surface area contributed by atoms with Crippen LogP contribution in [0.2, 0.25) is 0 Å². The quantitative estimate of drug-likeness (QED) is 0.653. The number of fused-ring (bicyclic) bond motifs is 1. The fraction of sp³-hybridized carbons (Fsp3) is 0.250. The second kappa shape index (κ2) is 7.59. The van der Waals surface area contributed by atoms with Crippen LogP contribution in [0.15, 0.2) is 34.4 Å². The number of aromatic nitrogens is 4. The SMILES string of the molecule is C=Cn1c(=O)c2c(nc(C=Cc3ccc(OC)c(OC)c3)n2C)n(CC)c1=O. The summed E-state index contributed by atoms with van der Waals surface area (Å²) < 4.78 is 14.7. The third kappa shape index (κ3) is 3.02. The zero-order valence-electron chi connectivity index (χ0n) is 16.3. The molecule has 0 unspecified atom stereocenters. The molecule has 0 fully saturated rings. The highest BCUT2D eigenvalue weighted by Crippen LogP contribution is 2.28. The second-order valence-electron chi connectivity index (χ2n) is 6.03. The van der Waals surface area contributed by atoms with Crippen LogP contribution in [-0.4, -0.2) is 32.9 Å². The lowest BCUT2D eigenvalue weighted by Gasteiger charge is -2.07. The van der Waals surface area contributed by atoms with E-state index in [9.17, 15) is 9.59 Å². The van der Waals surface area contributed by atoms with Gasteiger partial charge in [-0.25, -0.2) is 14.3 Å². The largest absolute Gasteiger partial charge is 0.493 e. The predicted molar refractivity (Wildman–Crippen MR) is 110 cm³/mol. The average Bonchev–Trinajstić information content (AvgIpc) is 3.03. The van der Waals surface area contributed by atoms with Gasteiger partial charge in [-0.15, -0.1) is 0 Å². The zero-order valence-corrected chi connectivity index (χ0v) is 16.3. The summed E-state index contributed by atoms with van der Waals surface area (Å²) in [6, 6.07) is 5.53. The molecule has 0 aliphatic heterocycles. The van der Waals surface area contributed by atoms with Crippen LogP contribution in [0.1, 0.15) is 18.3 Å². The molecule has 0 atom stereocenters. The van der Waals surface area contributed by atoms with Crippen molar-refractivity contribution in [3.63, 3.8) is 0 Å². The molecule has 0 spiro atoms. The van der Waals surface area contributed by atoms with Crippen LogP contribution in [-0.2, 0) is 13.6 Å². The normalized spacial score (nSPS) is 11.3. The van der Waals surface area contributed by atoms with Crippen molar-refractivity contribution in [1.29, 1.82) is 0 Å². The maximum absolute atomic E-state index is 12.7. The van der Waals surface area contributed by atoms with Gasteiger partial charge in [-0.05, 0) is 30.7 Å². The zero-order chi connectivity index (χ0) is 20.4. The lowest BCUT2D eigenvalue weighted by atomic mass is 10.2. The van der Waals surface area contributed by atoms with E-state index in [1.54, 1.807) is 31.9 Å². The van der Waals surface area contributed by atoms with Gasteiger partial charge in [0.1, 0.15) is 5.82 Å². The number of hydrogen-bond acceptors (Lipinski definition) is 5. The van der Waals surface area contributed by atoms with Crippen LogP contribution in [0, 0.1) is 0 Å². The van der Waals surface area contributed by atoms with Gasteiger partial charge >= 0.3 is 5.69 Å². The van der Waals surface area contributed by atoms with Crippen LogP contribution in [0.25, 0.3) is 29.5 Å². The Kier molecular flexibility index (Phi) is 5.21. The highest BCUT2D eigenvalue weighted by molar-refractivity contribution is 5.77. The Morgan fingerprint density at radius 1 is 1.14 bits per heavy atom. The third-order valence-electron chi connectivity index (χ3n) is 4.56. The first-order valence-corrected chi connectivity index (χ1v) is 8.71. The highest BCUT2D eigenvalue weighted by Gasteiger charge is 2.17. The van der Waals surface area contributed by atoms with E-state index in [1.165, 1.54) is 10.8 Å². The van der Waals surface area contributed by atoms with E-state index in [2.05, 4.69) is 11.6 Å². The summed E-state index contributed by atoms with van der Waals surface area (Å²) in [7, 11) is 4.89. The van der Waals surface area contributed by atoms with Crippen molar-refractivity contribution in [3.05, 3.63) is 57.0 Å². The van der Waals surface area contributed by atoms with Crippen molar-refractivity contribution < 1.29 is 9.47 Å². The number of hydrogen-bond donors (Lipinski definition) is 0. The predicted octanol–water partition coefficient (Wildman–Crippen LogP) is 2.20. The molecule has 0 aliphatic rings. The third-order valence-corrected chi connectivity index (χ3v) is 4.56. The van der Waals surface area contributed by atoms with E-state index < -0.39 is 11.2 Å². The monoisotopic (exact) mass is 382 g/mol. The number of aryl methyl sites for hydroxylation is 2. The lowest BCUT2D eigenvalue weighted by Crippen LogP contribution is -2.37. The number of imidazole rings is 1. The topological polar surface area (TPSA) is 80.3 Å². The molecular weight excluding hydrogens is 360 g/mol. The number of ether oxygens (including phenoxy) is 2. The number of rotatable bonds is 6. The van der Waals surface area contributed by atoms with E-state index in [0.29, 0.717) is 35.0 Å². The fourth-order valence-electron chi connectivity index (χ4n) is 3.07. The first-order valence-electron chi connectivity index (χ1n) is 8.71. The summed E-state index contributed by atoms with van der Waals surface area (Å²) in [5.41, 5.74) is 0.670. The van der Waals surface area contributed by atoms with E-state index in [0.717, 1.165) is 10.1 Å². The Balaban J connectivity index is 2.15. The molecule has 8 heteroatoms. The van der Waals surface area contributed by atoms with Crippen LogP contribution in [0.4, 0.5) is 0 Å². The Labute approximate surface area is 161 Å². The molecule has 0 saturated heterocycles. The maximum atomic E-state index is 12.7. The second-order valence-corrected chi connectivity index (χ2v) is 6.03. The summed E-state index contributed by atoms with van der Waals surface area (Å²) >= 11 is 0. The molecule has 0 N–H and O–H groups in total. The van der Waals surface area contributed by atoms with Gasteiger partial charge < -0.3 is 14.0 Å². The minimum absolute atomic E-state index is 0.341. The molecule has 3 aromatic rings. The maximum Gasteiger partial charge on any atom is 0.336 e. The molecule has 3 rings (SSSR count). The Bertz CT molecular complexity index is 1200. The first kappa shape index (κ1) is 19.2. The smallest absolute Gasteiger partial charge is 0.336 e. The Morgan fingerprint density at radius 2 is 1.86 bits per heavy atom. The van der Waals surface area contributed by atoms with Gasteiger partial charge in [0.15, 0.2) is 22.7 Å². The van der Waals surface area contributed by atoms with Gasteiger partial charge in [-0.2, -0.15) is 0 Å². The number of methoxy groups -OCH3 is 2. The molecule has 28 heavy (non-hydrogen) atoms. The minimum atomic E-state index is -0.455.